The maximum Gasteiger partial charge on any atom is 0.232 e. The zero-order valence-corrected chi connectivity index (χ0v) is 11.9. The first-order valence-corrected chi connectivity index (χ1v) is 7.70. The van der Waals surface area contributed by atoms with Gasteiger partial charge in [0.05, 0.1) is 11.8 Å². The largest absolute Gasteiger partial charge is 0.348 e. The molecule has 0 aliphatic heterocycles. The van der Waals surface area contributed by atoms with Gasteiger partial charge in [-0.25, -0.2) is 0 Å². The lowest BCUT2D eigenvalue weighted by molar-refractivity contribution is -0.125. The van der Waals surface area contributed by atoms with Gasteiger partial charge in [-0.2, -0.15) is 5.26 Å². The molecule has 0 aromatic rings. The number of amides is 1. The molecule has 2 fully saturated rings. The first-order chi connectivity index (χ1) is 8.57. The van der Waals surface area contributed by atoms with Crippen LogP contribution in [0.15, 0.2) is 0 Å². The fourth-order valence-corrected chi connectivity index (χ4v) is 3.27. The average molecular weight is 267 g/mol. The highest BCUT2D eigenvalue weighted by atomic mass is 32.2. The number of nitrogens with zero attached hydrogens (tertiary/aromatic N) is 2. The van der Waals surface area contributed by atoms with Crippen molar-refractivity contribution < 1.29 is 4.79 Å². The summed E-state index contributed by atoms with van der Waals surface area (Å²) in [5.41, 5.74) is -0.390. The van der Waals surface area contributed by atoms with Gasteiger partial charge in [0.2, 0.25) is 5.91 Å². The van der Waals surface area contributed by atoms with Gasteiger partial charge in [-0.15, -0.1) is 11.8 Å². The third-order valence-electron chi connectivity index (χ3n) is 3.57. The zero-order chi connectivity index (χ0) is 13.2. The van der Waals surface area contributed by atoms with E-state index < -0.39 is 5.54 Å². The molecular formula is C13H21N3OS. The van der Waals surface area contributed by atoms with Crippen LogP contribution in [-0.4, -0.2) is 48.0 Å². The highest BCUT2D eigenvalue weighted by Crippen LogP contribution is 2.42. The van der Waals surface area contributed by atoms with Crippen LogP contribution in [0.1, 0.15) is 25.7 Å². The second-order valence-corrected chi connectivity index (χ2v) is 6.54. The van der Waals surface area contributed by atoms with Crippen molar-refractivity contribution in [1.29, 1.82) is 5.26 Å². The fourth-order valence-electron chi connectivity index (χ4n) is 2.03. The Bertz CT molecular complexity index is 358. The summed E-state index contributed by atoms with van der Waals surface area (Å²) in [7, 11) is 3.54. The highest BCUT2D eigenvalue weighted by molar-refractivity contribution is 8.00. The second kappa shape index (κ2) is 5.50. The van der Waals surface area contributed by atoms with Gasteiger partial charge >= 0.3 is 0 Å². The van der Waals surface area contributed by atoms with Gasteiger partial charge in [-0.3, -0.25) is 10.1 Å². The number of thioether (sulfide) groups is 1. The van der Waals surface area contributed by atoms with Gasteiger partial charge in [-0.05, 0) is 31.6 Å². The summed E-state index contributed by atoms with van der Waals surface area (Å²) in [6.45, 7) is 0. The molecular weight excluding hydrogens is 246 g/mol. The quantitative estimate of drug-likeness (QED) is 0.754. The molecule has 0 aromatic heterocycles. The second-order valence-electron chi connectivity index (χ2n) is 5.56. The van der Waals surface area contributed by atoms with Crippen LogP contribution in [0.25, 0.3) is 0 Å². The Morgan fingerprint density at radius 2 is 2.11 bits per heavy atom. The molecule has 0 spiro atoms. The van der Waals surface area contributed by atoms with Crippen molar-refractivity contribution in [2.75, 3.05) is 25.6 Å². The van der Waals surface area contributed by atoms with E-state index in [9.17, 15) is 10.1 Å². The number of nitriles is 1. The van der Waals surface area contributed by atoms with E-state index >= 15 is 0 Å². The Hall–Kier alpha value is -0.730. The Balaban J connectivity index is 1.85. The van der Waals surface area contributed by atoms with Crippen molar-refractivity contribution in [2.24, 2.45) is 5.92 Å². The molecule has 0 saturated heterocycles. The molecule has 2 aliphatic rings. The van der Waals surface area contributed by atoms with Gasteiger partial charge in [0.25, 0.3) is 0 Å². The van der Waals surface area contributed by atoms with Gasteiger partial charge in [-0.1, -0.05) is 0 Å². The lowest BCUT2D eigenvalue weighted by atomic mass is 9.97. The van der Waals surface area contributed by atoms with Crippen molar-refractivity contribution in [2.45, 2.75) is 37.3 Å². The molecule has 1 amide bonds. The maximum absolute atomic E-state index is 11.5. The lowest BCUT2D eigenvalue weighted by Crippen LogP contribution is -2.49. The summed E-state index contributed by atoms with van der Waals surface area (Å²) in [6, 6.07) is 3.03. The zero-order valence-electron chi connectivity index (χ0n) is 11.1. The molecule has 1 N–H and O–H groups in total. The van der Waals surface area contributed by atoms with E-state index in [0.29, 0.717) is 17.7 Å². The summed E-state index contributed by atoms with van der Waals surface area (Å²) >= 11 is 1.58. The molecule has 0 heterocycles. The monoisotopic (exact) mass is 267 g/mol. The van der Waals surface area contributed by atoms with Crippen LogP contribution in [0, 0.1) is 17.2 Å². The van der Waals surface area contributed by atoms with Gasteiger partial charge < -0.3 is 4.90 Å². The molecule has 4 nitrogen and oxygen atoms in total. The summed E-state index contributed by atoms with van der Waals surface area (Å²) in [5, 5.41) is 13.0. The van der Waals surface area contributed by atoms with Crippen LogP contribution < -0.4 is 5.32 Å². The van der Waals surface area contributed by atoms with Crippen LogP contribution in [0.4, 0.5) is 0 Å². The van der Waals surface area contributed by atoms with Crippen molar-refractivity contribution in [3.05, 3.63) is 0 Å². The highest BCUT2D eigenvalue weighted by Gasteiger charge is 2.48. The van der Waals surface area contributed by atoms with Crippen LogP contribution >= 0.6 is 11.8 Å². The third-order valence-corrected chi connectivity index (χ3v) is 4.68. The number of rotatable bonds is 7. The number of nitrogens with one attached hydrogen (secondary N) is 1. The predicted octanol–water partition coefficient (Wildman–Crippen LogP) is 1.23. The van der Waals surface area contributed by atoms with Gasteiger partial charge in [0, 0.05) is 25.9 Å². The molecule has 1 unspecified atom stereocenters. The summed E-state index contributed by atoms with van der Waals surface area (Å²) in [4.78, 5) is 13.1. The Labute approximate surface area is 113 Å². The Morgan fingerprint density at radius 3 is 2.56 bits per heavy atom. The fraction of sp³-hybridized carbons (Fsp3) is 0.846. The molecule has 2 rings (SSSR count). The van der Waals surface area contributed by atoms with Crippen molar-refractivity contribution in [3.63, 3.8) is 0 Å². The summed E-state index contributed by atoms with van der Waals surface area (Å²) in [6.07, 6.45) is 4.68. The van der Waals surface area contributed by atoms with E-state index in [4.69, 9.17) is 0 Å². The normalized spacial score (nSPS) is 22.1. The maximum atomic E-state index is 11.5. The minimum Gasteiger partial charge on any atom is -0.348 e. The Kier molecular flexibility index (Phi) is 4.18. The molecule has 0 aromatic carbocycles. The molecule has 5 heteroatoms. The van der Waals surface area contributed by atoms with Gasteiger partial charge in [0.15, 0.2) is 0 Å². The van der Waals surface area contributed by atoms with E-state index in [1.165, 1.54) is 12.8 Å². The standard InChI is InChI=1S/C13H21N3OS/c1-16(2)12(17)7-18-9-13(8-14,10-3-4-10)15-11-5-6-11/h10-11,15H,3-7,9H2,1-2H3. The molecule has 0 bridgehead atoms. The van der Waals surface area contributed by atoms with Crippen LogP contribution in [0.5, 0.6) is 0 Å². The first kappa shape index (κ1) is 13.7. The predicted molar refractivity (Wildman–Crippen MR) is 73.2 cm³/mol. The molecule has 0 radical (unpaired) electrons. The lowest BCUT2D eigenvalue weighted by Gasteiger charge is -2.28. The SMILES string of the molecule is CN(C)C(=O)CSCC(C#N)(NC1CC1)C1CC1. The van der Waals surface area contributed by atoms with Crippen molar-refractivity contribution in [1.82, 2.24) is 10.2 Å². The Morgan fingerprint density at radius 1 is 1.44 bits per heavy atom. The summed E-state index contributed by atoms with van der Waals surface area (Å²) in [5.74, 6) is 1.80. The van der Waals surface area contributed by atoms with E-state index in [0.717, 1.165) is 18.6 Å². The topological polar surface area (TPSA) is 56.1 Å². The number of hydrogen-bond acceptors (Lipinski definition) is 4. The first-order valence-electron chi connectivity index (χ1n) is 6.54. The van der Waals surface area contributed by atoms with E-state index in [1.54, 1.807) is 30.8 Å². The van der Waals surface area contributed by atoms with E-state index in [2.05, 4.69) is 11.4 Å². The van der Waals surface area contributed by atoms with E-state index in [1.807, 2.05) is 0 Å². The van der Waals surface area contributed by atoms with Crippen molar-refractivity contribution >= 4 is 17.7 Å². The van der Waals surface area contributed by atoms with Gasteiger partial charge in [0.1, 0.15) is 5.54 Å². The smallest absolute Gasteiger partial charge is 0.232 e. The van der Waals surface area contributed by atoms with Crippen LogP contribution in [0.3, 0.4) is 0 Å². The van der Waals surface area contributed by atoms with Crippen LogP contribution in [-0.2, 0) is 4.79 Å². The molecule has 100 valence electrons. The number of carbonyl (C=O) groups excluding carboxylic acids is 1. The molecule has 1 atom stereocenters. The molecule has 2 saturated carbocycles. The number of carbonyl (C=O) groups is 1. The van der Waals surface area contributed by atoms with Crippen molar-refractivity contribution in [3.8, 4) is 6.07 Å². The average Bonchev–Trinajstić information content (AvgIpc) is 3.19. The van der Waals surface area contributed by atoms with Crippen LogP contribution in [0.2, 0.25) is 0 Å². The molecule has 18 heavy (non-hydrogen) atoms. The van der Waals surface area contributed by atoms with E-state index in [-0.39, 0.29) is 5.91 Å². The minimum absolute atomic E-state index is 0.119. The summed E-state index contributed by atoms with van der Waals surface area (Å²) < 4.78 is 0. The minimum atomic E-state index is -0.390. The third kappa shape index (κ3) is 3.39. The number of hydrogen-bond donors (Lipinski definition) is 1. The molecule has 2 aliphatic carbocycles.